The molecule has 1 heterocycles. The van der Waals surface area contributed by atoms with Gasteiger partial charge < -0.3 is 10.0 Å². The van der Waals surface area contributed by atoms with Gasteiger partial charge in [-0.2, -0.15) is 0 Å². The highest BCUT2D eigenvalue weighted by atomic mass is 35.5. The lowest BCUT2D eigenvalue weighted by Crippen LogP contribution is -2.22. The minimum atomic E-state index is -0.193. The van der Waals surface area contributed by atoms with Crippen molar-refractivity contribution in [2.45, 2.75) is 64.7 Å². The number of benzene rings is 2. The summed E-state index contributed by atoms with van der Waals surface area (Å²) in [5.41, 5.74) is 8.17. The van der Waals surface area contributed by atoms with E-state index in [2.05, 4.69) is 83.0 Å². The number of aromatic hydroxyl groups is 1. The normalized spacial score (nSPS) is 20.1. The van der Waals surface area contributed by atoms with E-state index in [0.717, 1.165) is 40.6 Å². The molecular formula is C31H35Cl2NO. The Kier molecular flexibility index (Phi) is 7.01. The average Bonchev–Trinajstić information content (AvgIpc) is 3.22. The predicted molar refractivity (Wildman–Crippen MR) is 151 cm³/mol. The van der Waals surface area contributed by atoms with Crippen molar-refractivity contribution in [2.24, 2.45) is 0 Å². The Labute approximate surface area is 220 Å². The summed E-state index contributed by atoms with van der Waals surface area (Å²) in [6.07, 6.45) is 11.6. The number of anilines is 1. The van der Waals surface area contributed by atoms with E-state index in [0.29, 0.717) is 5.75 Å². The zero-order valence-electron chi connectivity index (χ0n) is 21.5. The summed E-state index contributed by atoms with van der Waals surface area (Å²) in [7, 11) is 2.08. The summed E-state index contributed by atoms with van der Waals surface area (Å²) >= 11 is 13.1. The van der Waals surface area contributed by atoms with Gasteiger partial charge in [0.1, 0.15) is 5.75 Å². The van der Waals surface area contributed by atoms with Crippen LogP contribution in [0.4, 0.5) is 5.69 Å². The van der Waals surface area contributed by atoms with Gasteiger partial charge in [-0.05, 0) is 95.8 Å². The molecule has 184 valence electrons. The molecule has 1 aliphatic carbocycles. The number of hydrogen-bond acceptors (Lipinski definition) is 2. The number of halogens is 2. The lowest BCUT2D eigenvalue weighted by atomic mass is 9.79. The van der Waals surface area contributed by atoms with Crippen molar-refractivity contribution in [3.63, 3.8) is 0 Å². The molecule has 2 aliphatic rings. The summed E-state index contributed by atoms with van der Waals surface area (Å²) in [6.45, 7) is 11.1. The molecule has 0 unspecified atom stereocenters. The van der Waals surface area contributed by atoms with E-state index in [4.69, 9.17) is 23.2 Å². The van der Waals surface area contributed by atoms with E-state index in [1.807, 2.05) is 18.2 Å². The van der Waals surface area contributed by atoms with Crippen molar-refractivity contribution in [3.8, 4) is 5.75 Å². The zero-order valence-corrected chi connectivity index (χ0v) is 23.1. The topological polar surface area (TPSA) is 23.5 Å². The van der Waals surface area contributed by atoms with Crippen LogP contribution in [0.5, 0.6) is 5.75 Å². The Morgan fingerprint density at radius 1 is 1.06 bits per heavy atom. The fraction of sp³-hybridized carbons (Fsp3) is 0.355. The number of phenols is 1. The van der Waals surface area contributed by atoms with Crippen LogP contribution >= 0.6 is 23.2 Å². The fourth-order valence-corrected chi connectivity index (χ4v) is 5.93. The maximum absolute atomic E-state index is 9.99. The molecule has 0 amide bonds. The Bertz CT molecular complexity index is 1280. The first-order valence-corrected chi connectivity index (χ1v) is 13.0. The van der Waals surface area contributed by atoms with Gasteiger partial charge >= 0.3 is 0 Å². The summed E-state index contributed by atoms with van der Waals surface area (Å²) in [5, 5.41) is 11.6. The van der Waals surface area contributed by atoms with Crippen LogP contribution in [0.15, 0.2) is 82.6 Å². The number of rotatable bonds is 5. The van der Waals surface area contributed by atoms with Crippen LogP contribution in [-0.2, 0) is 10.8 Å². The van der Waals surface area contributed by atoms with E-state index >= 15 is 0 Å². The van der Waals surface area contributed by atoms with Crippen LogP contribution in [0.2, 0.25) is 5.02 Å². The van der Waals surface area contributed by atoms with Gasteiger partial charge in [-0.25, -0.2) is 0 Å². The number of fused-ring (bicyclic) bond motifs is 1. The highest BCUT2D eigenvalue weighted by molar-refractivity contribution is 6.33. The van der Waals surface area contributed by atoms with Gasteiger partial charge in [0.05, 0.1) is 0 Å². The first-order valence-electron chi connectivity index (χ1n) is 12.2. The maximum atomic E-state index is 9.99. The Morgan fingerprint density at radius 3 is 2.54 bits per heavy atom. The smallest absolute Gasteiger partial charge is 0.116 e. The quantitative estimate of drug-likeness (QED) is 0.435. The first-order chi connectivity index (χ1) is 16.4. The second kappa shape index (κ2) is 9.56. The van der Waals surface area contributed by atoms with Gasteiger partial charge in [0.15, 0.2) is 0 Å². The number of phenolic OH excluding ortho intramolecular Hbond substituents is 1. The van der Waals surface area contributed by atoms with Crippen LogP contribution in [0, 0.1) is 6.92 Å². The third kappa shape index (κ3) is 4.97. The zero-order chi connectivity index (χ0) is 25.5. The van der Waals surface area contributed by atoms with Crippen molar-refractivity contribution in [1.29, 1.82) is 0 Å². The molecule has 1 aliphatic heterocycles. The van der Waals surface area contributed by atoms with Crippen molar-refractivity contribution in [1.82, 2.24) is 0 Å². The van der Waals surface area contributed by atoms with Crippen molar-refractivity contribution < 1.29 is 5.11 Å². The van der Waals surface area contributed by atoms with E-state index in [9.17, 15) is 5.11 Å². The monoisotopic (exact) mass is 507 g/mol. The molecule has 2 aromatic carbocycles. The number of hydrogen-bond donors (Lipinski definition) is 1. The van der Waals surface area contributed by atoms with Crippen molar-refractivity contribution in [3.05, 3.63) is 104 Å². The molecule has 0 aromatic heterocycles. The highest BCUT2D eigenvalue weighted by Crippen LogP contribution is 2.48. The maximum Gasteiger partial charge on any atom is 0.116 e. The number of aryl methyl sites for hydroxylation is 1. The molecule has 35 heavy (non-hydrogen) atoms. The second-order valence-electron chi connectivity index (χ2n) is 10.9. The Hall–Kier alpha value is -2.42. The highest BCUT2D eigenvalue weighted by Gasteiger charge is 2.38. The van der Waals surface area contributed by atoms with E-state index in [-0.39, 0.29) is 10.8 Å². The summed E-state index contributed by atoms with van der Waals surface area (Å²) in [5.74, 6) is 0.303. The molecule has 4 rings (SSSR count). The van der Waals surface area contributed by atoms with E-state index in [1.165, 1.54) is 28.0 Å². The molecule has 0 spiro atoms. The minimum Gasteiger partial charge on any atom is -0.508 e. The molecule has 2 nitrogen and oxygen atoms in total. The molecule has 0 bridgehead atoms. The number of likely N-dealkylation sites (N-methyl/N-ethyl adjacent to an activating group) is 1. The summed E-state index contributed by atoms with van der Waals surface area (Å²) in [6, 6.07) is 11.7. The van der Waals surface area contributed by atoms with E-state index in [1.54, 1.807) is 6.07 Å². The van der Waals surface area contributed by atoms with Crippen LogP contribution < -0.4 is 4.90 Å². The lowest BCUT2D eigenvalue weighted by molar-refractivity contribution is 0.473. The predicted octanol–water partition coefficient (Wildman–Crippen LogP) is 9.10. The van der Waals surface area contributed by atoms with E-state index < -0.39 is 0 Å². The van der Waals surface area contributed by atoms with Gasteiger partial charge in [0, 0.05) is 33.9 Å². The Morgan fingerprint density at radius 2 is 1.80 bits per heavy atom. The minimum absolute atomic E-state index is 0.0116. The lowest BCUT2D eigenvalue weighted by Gasteiger charge is -2.26. The third-order valence-electron chi connectivity index (χ3n) is 7.56. The van der Waals surface area contributed by atoms with Crippen LogP contribution in [0.25, 0.3) is 0 Å². The third-order valence-corrected chi connectivity index (χ3v) is 8.28. The Balaban J connectivity index is 1.53. The summed E-state index contributed by atoms with van der Waals surface area (Å²) < 4.78 is 0. The molecular weight excluding hydrogens is 473 g/mol. The first kappa shape index (κ1) is 25.7. The summed E-state index contributed by atoms with van der Waals surface area (Å²) in [4.78, 5) is 2.21. The standard InChI is InChI=1S/C31H35Cl2NO/c1-20-9-13-23(32)18-25(20)30(2,3)17-7-8-21-10-11-22(29(21)33)12-16-28-31(4,5)26-19-24(35)14-15-27(26)34(28)6/h7-9,12-16,18-19,35H,10-11,17H2,1-6H3/b8-7+,22-12+,28-16+. The molecule has 0 saturated heterocycles. The van der Waals surface area contributed by atoms with Gasteiger partial charge in [-0.3, -0.25) is 0 Å². The molecule has 2 aromatic rings. The molecule has 1 N–H and O–H groups in total. The molecule has 4 heteroatoms. The fourth-order valence-electron chi connectivity index (χ4n) is 5.44. The molecule has 0 saturated carbocycles. The van der Waals surface area contributed by atoms with Gasteiger partial charge in [-0.1, -0.05) is 75.2 Å². The van der Waals surface area contributed by atoms with Gasteiger partial charge in [0.2, 0.25) is 0 Å². The second-order valence-corrected chi connectivity index (χ2v) is 11.7. The SMILES string of the molecule is Cc1ccc(Cl)cc1C(C)(C)C/C=C/C1=C(Cl)C(=C/C=C2/N(C)c3ccc(O)cc3C2(C)C)/CC1. The van der Waals surface area contributed by atoms with Gasteiger partial charge in [-0.15, -0.1) is 0 Å². The van der Waals surface area contributed by atoms with Crippen molar-refractivity contribution >= 4 is 28.9 Å². The van der Waals surface area contributed by atoms with Crippen molar-refractivity contribution in [2.75, 3.05) is 11.9 Å². The molecule has 0 radical (unpaired) electrons. The van der Waals surface area contributed by atoms with Crippen LogP contribution in [0.3, 0.4) is 0 Å². The number of allylic oxidation sites excluding steroid dienone is 8. The van der Waals surface area contributed by atoms with Crippen LogP contribution in [-0.4, -0.2) is 12.2 Å². The average molecular weight is 509 g/mol. The van der Waals surface area contributed by atoms with Gasteiger partial charge in [0.25, 0.3) is 0 Å². The molecule has 0 fully saturated rings. The molecule has 0 atom stereocenters. The largest absolute Gasteiger partial charge is 0.508 e. The van der Waals surface area contributed by atoms with Crippen LogP contribution in [0.1, 0.15) is 63.6 Å². The number of nitrogens with zero attached hydrogens (tertiary/aromatic N) is 1.